The van der Waals surface area contributed by atoms with Crippen LogP contribution in [0.1, 0.15) is 33.6 Å². The number of likely N-dealkylation sites (tertiary alicyclic amines) is 1. The van der Waals surface area contributed by atoms with Gasteiger partial charge < -0.3 is 14.4 Å². The minimum atomic E-state index is -0.447. The van der Waals surface area contributed by atoms with Crippen LogP contribution >= 0.6 is 0 Å². The molecule has 1 fully saturated rings. The molecule has 1 unspecified atom stereocenters. The van der Waals surface area contributed by atoms with E-state index in [-0.39, 0.29) is 6.09 Å². The number of ether oxygens (including phenoxy) is 2. The first-order valence-corrected chi connectivity index (χ1v) is 7.45. The van der Waals surface area contributed by atoms with Crippen LogP contribution in [-0.4, -0.2) is 41.3 Å². The van der Waals surface area contributed by atoms with Crippen LogP contribution in [0.3, 0.4) is 0 Å². The monoisotopic (exact) mass is 292 g/mol. The number of piperidine rings is 1. The Morgan fingerprint density at radius 3 is 2.76 bits per heavy atom. The Kier molecular flexibility index (Phi) is 5.04. The van der Waals surface area contributed by atoms with Crippen LogP contribution in [-0.2, 0) is 4.74 Å². The third-order valence-electron chi connectivity index (χ3n) is 3.31. The van der Waals surface area contributed by atoms with Crippen LogP contribution in [0.15, 0.2) is 24.5 Å². The fourth-order valence-electron chi connectivity index (χ4n) is 2.34. The average molecular weight is 292 g/mol. The van der Waals surface area contributed by atoms with E-state index >= 15 is 0 Å². The van der Waals surface area contributed by atoms with Gasteiger partial charge in [-0.1, -0.05) is 0 Å². The number of amides is 1. The molecule has 2 rings (SSSR count). The Balaban J connectivity index is 1.82. The van der Waals surface area contributed by atoms with Crippen LogP contribution in [0.5, 0.6) is 5.75 Å². The molecule has 0 spiro atoms. The maximum absolute atomic E-state index is 12.1. The molecule has 116 valence electrons. The molecule has 0 N–H and O–H groups in total. The van der Waals surface area contributed by atoms with Gasteiger partial charge in [0.2, 0.25) is 0 Å². The lowest BCUT2D eigenvalue weighted by Crippen LogP contribution is -2.44. The van der Waals surface area contributed by atoms with Gasteiger partial charge in [-0.05, 0) is 45.7 Å². The molecule has 1 atom stereocenters. The highest BCUT2D eigenvalue weighted by atomic mass is 16.6. The predicted molar refractivity (Wildman–Crippen MR) is 80.3 cm³/mol. The highest BCUT2D eigenvalue weighted by molar-refractivity contribution is 5.68. The molecule has 1 aromatic heterocycles. The van der Waals surface area contributed by atoms with Crippen molar-refractivity contribution in [2.75, 3.05) is 19.7 Å². The molecule has 21 heavy (non-hydrogen) atoms. The number of nitrogens with zero attached hydrogens (tertiary/aromatic N) is 2. The van der Waals surface area contributed by atoms with E-state index in [1.165, 1.54) is 0 Å². The van der Waals surface area contributed by atoms with E-state index in [1.807, 2.05) is 32.9 Å². The molecule has 1 aromatic rings. The van der Waals surface area contributed by atoms with Crippen molar-refractivity contribution in [1.82, 2.24) is 9.88 Å². The summed E-state index contributed by atoms with van der Waals surface area (Å²) in [6, 6.07) is 3.68. The van der Waals surface area contributed by atoms with Crippen molar-refractivity contribution in [3.63, 3.8) is 0 Å². The number of hydrogen-bond acceptors (Lipinski definition) is 4. The zero-order valence-corrected chi connectivity index (χ0v) is 13.0. The van der Waals surface area contributed by atoms with Crippen molar-refractivity contribution < 1.29 is 14.3 Å². The van der Waals surface area contributed by atoms with Crippen LogP contribution in [0.2, 0.25) is 0 Å². The van der Waals surface area contributed by atoms with Crippen LogP contribution in [0.4, 0.5) is 4.79 Å². The second-order valence-electron chi connectivity index (χ2n) is 6.43. The minimum absolute atomic E-state index is 0.226. The lowest BCUT2D eigenvalue weighted by atomic mass is 9.99. The number of rotatable bonds is 3. The van der Waals surface area contributed by atoms with Gasteiger partial charge in [0.05, 0.1) is 6.61 Å². The van der Waals surface area contributed by atoms with Crippen molar-refractivity contribution in [2.45, 2.75) is 39.2 Å². The molecule has 2 heterocycles. The number of carbonyl (C=O) groups is 1. The van der Waals surface area contributed by atoms with Gasteiger partial charge >= 0.3 is 6.09 Å². The average Bonchev–Trinajstić information content (AvgIpc) is 2.45. The van der Waals surface area contributed by atoms with E-state index in [2.05, 4.69) is 4.98 Å². The molecule has 1 aliphatic heterocycles. The number of hydrogen-bond donors (Lipinski definition) is 0. The summed E-state index contributed by atoms with van der Waals surface area (Å²) in [5, 5.41) is 0. The number of pyridine rings is 1. The van der Waals surface area contributed by atoms with Gasteiger partial charge in [-0.2, -0.15) is 0 Å². The quantitative estimate of drug-likeness (QED) is 0.859. The zero-order chi connectivity index (χ0) is 15.3. The summed E-state index contributed by atoms with van der Waals surface area (Å²) < 4.78 is 11.2. The summed E-state index contributed by atoms with van der Waals surface area (Å²) in [6.07, 6.45) is 5.26. The molecular weight excluding hydrogens is 268 g/mol. The Labute approximate surface area is 126 Å². The molecule has 5 heteroatoms. The fraction of sp³-hybridized carbons (Fsp3) is 0.625. The minimum Gasteiger partial charge on any atom is -0.493 e. The van der Waals surface area contributed by atoms with Gasteiger partial charge in [0.15, 0.2) is 0 Å². The summed E-state index contributed by atoms with van der Waals surface area (Å²) >= 11 is 0. The van der Waals surface area contributed by atoms with E-state index < -0.39 is 5.60 Å². The standard InChI is InChI=1S/C16H24N2O3/c1-16(2,3)21-15(19)18-10-4-5-13(11-18)12-20-14-6-8-17-9-7-14/h6-9,13H,4-5,10-12H2,1-3H3. The molecule has 0 bridgehead atoms. The summed E-state index contributed by atoms with van der Waals surface area (Å²) in [7, 11) is 0. The van der Waals surface area contributed by atoms with Crippen LogP contribution in [0.25, 0.3) is 0 Å². The molecule has 1 amide bonds. The molecular formula is C16H24N2O3. The lowest BCUT2D eigenvalue weighted by molar-refractivity contribution is 0.0139. The normalized spacial score (nSPS) is 19.2. The lowest BCUT2D eigenvalue weighted by Gasteiger charge is -2.34. The zero-order valence-electron chi connectivity index (χ0n) is 13.0. The highest BCUT2D eigenvalue weighted by Crippen LogP contribution is 2.20. The summed E-state index contributed by atoms with van der Waals surface area (Å²) in [4.78, 5) is 17.8. The van der Waals surface area contributed by atoms with Crippen molar-refractivity contribution in [1.29, 1.82) is 0 Å². The largest absolute Gasteiger partial charge is 0.493 e. The van der Waals surface area contributed by atoms with Crippen molar-refractivity contribution in [3.8, 4) is 5.75 Å². The Morgan fingerprint density at radius 2 is 2.10 bits per heavy atom. The molecule has 0 aromatic carbocycles. The van der Waals surface area contributed by atoms with E-state index in [0.29, 0.717) is 19.1 Å². The van der Waals surface area contributed by atoms with Crippen molar-refractivity contribution in [3.05, 3.63) is 24.5 Å². The van der Waals surface area contributed by atoms with Gasteiger partial charge in [0.1, 0.15) is 11.4 Å². The molecule has 0 radical (unpaired) electrons. The molecule has 1 aliphatic rings. The van der Waals surface area contributed by atoms with Gasteiger partial charge in [-0.15, -0.1) is 0 Å². The van der Waals surface area contributed by atoms with Gasteiger partial charge in [-0.3, -0.25) is 4.98 Å². The third kappa shape index (κ3) is 5.25. The first-order valence-electron chi connectivity index (χ1n) is 7.45. The Morgan fingerprint density at radius 1 is 1.38 bits per heavy atom. The van der Waals surface area contributed by atoms with E-state index in [4.69, 9.17) is 9.47 Å². The first-order chi connectivity index (χ1) is 9.94. The Bertz CT molecular complexity index is 456. The van der Waals surface area contributed by atoms with Crippen LogP contribution in [0, 0.1) is 5.92 Å². The number of carbonyl (C=O) groups excluding carboxylic acids is 1. The number of aromatic nitrogens is 1. The SMILES string of the molecule is CC(C)(C)OC(=O)N1CCCC(COc2ccncc2)C1. The molecule has 0 aliphatic carbocycles. The molecule has 1 saturated heterocycles. The smallest absolute Gasteiger partial charge is 0.410 e. The third-order valence-corrected chi connectivity index (χ3v) is 3.31. The second-order valence-corrected chi connectivity index (χ2v) is 6.43. The Hall–Kier alpha value is -1.78. The maximum atomic E-state index is 12.1. The van der Waals surface area contributed by atoms with E-state index in [9.17, 15) is 4.79 Å². The van der Waals surface area contributed by atoms with Crippen molar-refractivity contribution >= 4 is 6.09 Å². The summed E-state index contributed by atoms with van der Waals surface area (Å²) in [6.45, 7) is 7.74. The van der Waals surface area contributed by atoms with Gasteiger partial charge in [0.25, 0.3) is 0 Å². The van der Waals surface area contributed by atoms with Crippen LogP contribution < -0.4 is 4.74 Å². The summed E-state index contributed by atoms with van der Waals surface area (Å²) in [5.41, 5.74) is -0.447. The molecule has 5 nitrogen and oxygen atoms in total. The predicted octanol–water partition coefficient (Wildman–Crippen LogP) is 3.11. The highest BCUT2D eigenvalue weighted by Gasteiger charge is 2.27. The second kappa shape index (κ2) is 6.78. The van der Waals surface area contributed by atoms with E-state index in [0.717, 1.165) is 25.1 Å². The maximum Gasteiger partial charge on any atom is 0.410 e. The first kappa shape index (κ1) is 15.6. The van der Waals surface area contributed by atoms with Gasteiger partial charge in [-0.25, -0.2) is 4.79 Å². The van der Waals surface area contributed by atoms with Gasteiger partial charge in [0, 0.05) is 31.4 Å². The summed E-state index contributed by atoms with van der Waals surface area (Å²) in [5.74, 6) is 1.17. The molecule has 0 saturated carbocycles. The fourth-order valence-corrected chi connectivity index (χ4v) is 2.34. The van der Waals surface area contributed by atoms with Crippen molar-refractivity contribution in [2.24, 2.45) is 5.92 Å². The van der Waals surface area contributed by atoms with E-state index in [1.54, 1.807) is 17.3 Å². The topological polar surface area (TPSA) is 51.7 Å².